The van der Waals surface area contributed by atoms with Crippen molar-refractivity contribution in [2.45, 2.75) is 44.2 Å². The van der Waals surface area contributed by atoms with E-state index in [-0.39, 0.29) is 30.6 Å². The fraction of sp³-hybridized carbons (Fsp3) is 0.429. The molecule has 0 unspecified atom stereocenters. The maximum Gasteiger partial charge on any atom is 0.320 e. The Kier molecular flexibility index (Phi) is 5.26. The summed E-state index contributed by atoms with van der Waals surface area (Å²) in [5, 5.41) is 4.20. The maximum atomic E-state index is 14.2. The Balaban J connectivity index is 1.33. The minimum Gasteiger partial charge on any atom is -0.370 e. The van der Waals surface area contributed by atoms with Crippen LogP contribution < -0.4 is 5.73 Å². The lowest BCUT2D eigenvalue weighted by atomic mass is 9.93. The van der Waals surface area contributed by atoms with E-state index in [4.69, 9.17) is 10.5 Å². The van der Waals surface area contributed by atoms with Gasteiger partial charge in [0.25, 0.3) is 0 Å². The van der Waals surface area contributed by atoms with Gasteiger partial charge in [0, 0.05) is 44.0 Å². The molecule has 2 aromatic heterocycles. The minimum atomic E-state index is -2.76. The molecule has 5 rings (SSSR count). The van der Waals surface area contributed by atoms with Gasteiger partial charge < -0.3 is 10.5 Å². The predicted molar refractivity (Wildman–Crippen MR) is 106 cm³/mol. The Labute approximate surface area is 181 Å². The van der Waals surface area contributed by atoms with Crippen LogP contribution in [0.2, 0.25) is 0 Å². The summed E-state index contributed by atoms with van der Waals surface area (Å²) < 4.78 is 63.8. The van der Waals surface area contributed by atoms with E-state index < -0.39 is 30.3 Å². The number of alkyl halides is 2. The highest BCUT2D eigenvalue weighted by molar-refractivity contribution is 5.52. The van der Waals surface area contributed by atoms with Crippen molar-refractivity contribution in [1.82, 2.24) is 24.2 Å². The zero-order chi connectivity index (χ0) is 22.6. The van der Waals surface area contributed by atoms with E-state index in [1.165, 1.54) is 4.68 Å². The molecular formula is C21H22F4N6O. The third-order valence-electron chi connectivity index (χ3n) is 6.12. The molecule has 1 saturated heterocycles. The Morgan fingerprint density at radius 3 is 2.69 bits per heavy atom. The number of imidazole rings is 1. The number of aryl methyl sites for hydroxylation is 1. The summed E-state index contributed by atoms with van der Waals surface area (Å²) in [7, 11) is 1.71. The van der Waals surface area contributed by atoms with Crippen molar-refractivity contribution < 1.29 is 22.3 Å². The molecule has 1 fully saturated rings. The number of halogens is 4. The summed E-state index contributed by atoms with van der Waals surface area (Å²) in [5.74, 6) is -0.993. The number of aromatic nitrogens is 4. The highest BCUT2D eigenvalue weighted by Crippen LogP contribution is 2.37. The number of nitrogens with zero attached hydrogens (tertiary/aromatic N) is 5. The molecule has 0 saturated carbocycles. The van der Waals surface area contributed by atoms with E-state index in [0.29, 0.717) is 30.0 Å². The van der Waals surface area contributed by atoms with Crippen LogP contribution in [0, 0.1) is 11.6 Å². The van der Waals surface area contributed by atoms with Gasteiger partial charge in [-0.05, 0) is 30.7 Å². The second-order valence-electron chi connectivity index (χ2n) is 8.23. The van der Waals surface area contributed by atoms with Crippen molar-refractivity contribution in [2.24, 2.45) is 12.8 Å². The molecule has 170 valence electrons. The molecule has 11 heteroatoms. The van der Waals surface area contributed by atoms with Gasteiger partial charge >= 0.3 is 6.55 Å². The van der Waals surface area contributed by atoms with Gasteiger partial charge in [-0.2, -0.15) is 13.9 Å². The van der Waals surface area contributed by atoms with Crippen LogP contribution in [0.3, 0.4) is 0 Å². The largest absolute Gasteiger partial charge is 0.370 e. The standard InChI is InChI=1S/C21H22F4N6O/c1-29-5-4-16(28-29)20-27-17-8-30(9-18(17)31(20)21(24)25)12-7-15(26)19(32-10-12)13-6-11(22)2-3-14(13)23/h2-6,12,15,19,21H,7-10,26H2,1H3/t12-,15+,19-/m1/s1. The second kappa shape index (κ2) is 7.98. The zero-order valence-corrected chi connectivity index (χ0v) is 17.3. The Morgan fingerprint density at radius 1 is 1.19 bits per heavy atom. The Bertz CT molecular complexity index is 1150. The summed E-state index contributed by atoms with van der Waals surface area (Å²) in [6.45, 7) is -1.90. The summed E-state index contributed by atoms with van der Waals surface area (Å²) in [6, 6.07) is 4.12. The molecule has 4 heterocycles. The van der Waals surface area contributed by atoms with E-state index in [0.717, 1.165) is 22.8 Å². The molecule has 0 bridgehead atoms. The predicted octanol–water partition coefficient (Wildman–Crippen LogP) is 3.13. The van der Waals surface area contributed by atoms with Crippen LogP contribution in [0.15, 0.2) is 30.5 Å². The van der Waals surface area contributed by atoms with Crippen LogP contribution in [0.5, 0.6) is 0 Å². The molecule has 0 radical (unpaired) electrons. The molecule has 0 spiro atoms. The van der Waals surface area contributed by atoms with Gasteiger partial charge in [-0.3, -0.25) is 14.1 Å². The molecule has 2 N–H and O–H groups in total. The fourth-order valence-corrected chi connectivity index (χ4v) is 4.58. The average molecular weight is 450 g/mol. The molecule has 1 aromatic carbocycles. The molecule has 2 aliphatic rings. The number of hydrogen-bond acceptors (Lipinski definition) is 5. The fourth-order valence-electron chi connectivity index (χ4n) is 4.58. The molecule has 0 amide bonds. The van der Waals surface area contributed by atoms with Crippen molar-refractivity contribution in [3.8, 4) is 11.5 Å². The number of fused-ring (bicyclic) bond motifs is 1. The van der Waals surface area contributed by atoms with Gasteiger partial charge in [0.2, 0.25) is 0 Å². The van der Waals surface area contributed by atoms with Crippen LogP contribution in [0.1, 0.15) is 36.0 Å². The summed E-state index contributed by atoms with van der Waals surface area (Å²) >= 11 is 0. The first-order chi connectivity index (χ1) is 15.3. The molecule has 3 atom stereocenters. The highest BCUT2D eigenvalue weighted by atomic mass is 19.3. The number of ether oxygens (including phenoxy) is 1. The van der Waals surface area contributed by atoms with E-state index in [1.54, 1.807) is 19.3 Å². The number of nitrogens with two attached hydrogens (primary N) is 1. The Hall–Kier alpha value is -2.76. The lowest BCUT2D eigenvalue weighted by Gasteiger charge is -2.38. The van der Waals surface area contributed by atoms with Crippen molar-refractivity contribution in [2.75, 3.05) is 6.61 Å². The lowest BCUT2D eigenvalue weighted by Crippen LogP contribution is -2.47. The molecule has 3 aromatic rings. The Morgan fingerprint density at radius 2 is 2.00 bits per heavy atom. The van der Waals surface area contributed by atoms with Gasteiger partial charge in [-0.1, -0.05) is 0 Å². The van der Waals surface area contributed by atoms with E-state index in [9.17, 15) is 17.6 Å². The average Bonchev–Trinajstić information content (AvgIpc) is 3.43. The van der Waals surface area contributed by atoms with Gasteiger partial charge in [0.05, 0.1) is 18.0 Å². The van der Waals surface area contributed by atoms with Crippen molar-refractivity contribution >= 4 is 0 Å². The van der Waals surface area contributed by atoms with Crippen LogP contribution in [-0.4, -0.2) is 42.9 Å². The number of hydrogen-bond donors (Lipinski definition) is 1. The monoisotopic (exact) mass is 450 g/mol. The smallest absolute Gasteiger partial charge is 0.320 e. The molecular weight excluding hydrogens is 428 g/mol. The molecule has 7 nitrogen and oxygen atoms in total. The first-order valence-electron chi connectivity index (χ1n) is 10.3. The van der Waals surface area contributed by atoms with Crippen molar-refractivity contribution in [1.29, 1.82) is 0 Å². The van der Waals surface area contributed by atoms with Gasteiger partial charge in [0.15, 0.2) is 5.82 Å². The SMILES string of the molecule is Cn1ccc(-c2nc3c(n2C(F)F)CN([C@H]2CO[C@H](c4cc(F)ccc4F)[C@@H](N)C2)C3)n1. The van der Waals surface area contributed by atoms with Crippen LogP contribution in [0.4, 0.5) is 17.6 Å². The maximum absolute atomic E-state index is 14.2. The third-order valence-corrected chi connectivity index (χ3v) is 6.12. The minimum absolute atomic E-state index is 0.0893. The zero-order valence-electron chi connectivity index (χ0n) is 17.3. The first kappa shape index (κ1) is 21.1. The van der Waals surface area contributed by atoms with Crippen LogP contribution >= 0.6 is 0 Å². The number of rotatable bonds is 4. The molecule has 2 aliphatic heterocycles. The lowest BCUT2D eigenvalue weighted by molar-refractivity contribution is -0.0538. The van der Waals surface area contributed by atoms with Gasteiger partial charge in [0.1, 0.15) is 23.4 Å². The molecule has 32 heavy (non-hydrogen) atoms. The van der Waals surface area contributed by atoms with E-state index in [1.807, 2.05) is 4.90 Å². The third kappa shape index (κ3) is 3.59. The van der Waals surface area contributed by atoms with Crippen molar-refractivity contribution in [3.63, 3.8) is 0 Å². The number of benzene rings is 1. The summed E-state index contributed by atoms with van der Waals surface area (Å²) in [4.78, 5) is 6.43. The van der Waals surface area contributed by atoms with Crippen LogP contribution in [0.25, 0.3) is 11.5 Å². The van der Waals surface area contributed by atoms with Gasteiger partial charge in [-0.25, -0.2) is 13.8 Å². The normalized spacial score (nSPS) is 23.8. The van der Waals surface area contributed by atoms with E-state index >= 15 is 0 Å². The molecule has 0 aliphatic carbocycles. The first-order valence-corrected chi connectivity index (χ1v) is 10.3. The van der Waals surface area contributed by atoms with E-state index in [2.05, 4.69) is 10.1 Å². The topological polar surface area (TPSA) is 74.1 Å². The van der Waals surface area contributed by atoms with Crippen LogP contribution in [-0.2, 0) is 24.9 Å². The highest BCUT2D eigenvalue weighted by Gasteiger charge is 2.39. The summed E-state index contributed by atoms with van der Waals surface area (Å²) in [5.41, 5.74) is 7.74. The van der Waals surface area contributed by atoms with Gasteiger partial charge in [-0.15, -0.1) is 0 Å². The quantitative estimate of drug-likeness (QED) is 0.619. The summed E-state index contributed by atoms with van der Waals surface area (Å²) in [6.07, 6.45) is 1.36. The van der Waals surface area contributed by atoms with Crippen molar-refractivity contribution in [3.05, 3.63) is 59.0 Å². The second-order valence-corrected chi connectivity index (χ2v) is 8.23.